The monoisotopic (exact) mass is 481 g/mol. The highest BCUT2D eigenvalue weighted by atomic mass is 16.7. The molecular formula is C26H31N3O6. The fourth-order valence-corrected chi connectivity index (χ4v) is 4.79. The van der Waals surface area contributed by atoms with Crippen molar-refractivity contribution in [2.75, 3.05) is 26.7 Å². The summed E-state index contributed by atoms with van der Waals surface area (Å²) in [6.07, 6.45) is -0.700. The van der Waals surface area contributed by atoms with Gasteiger partial charge in [-0.3, -0.25) is 9.63 Å². The molecule has 186 valence electrons. The van der Waals surface area contributed by atoms with Gasteiger partial charge in [-0.1, -0.05) is 48.5 Å². The zero-order chi connectivity index (χ0) is 25.0. The van der Waals surface area contributed by atoms with E-state index in [4.69, 9.17) is 14.7 Å². The molecule has 2 amide bonds. The molecule has 0 spiro atoms. The molecule has 1 aliphatic carbocycles. The van der Waals surface area contributed by atoms with E-state index in [2.05, 4.69) is 40.0 Å². The van der Waals surface area contributed by atoms with Crippen LogP contribution in [0.5, 0.6) is 0 Å². The van der Waals surface area contributed by atoms with Crippen LogP contribution in [-0.4, -0.2) is 66.4 Å². The third-order valence-corrected chi connectivity index (χ3v) is 6.85. The number of fused-ring (bicyclic) bond motifs is 3. The number of likely N-dealkylation sites (tertiary alicyclic amines) is 1. The fraction of sp³-hybridized carbons (Fsp3) is 0.423. The second-order valence-corrected chi connectivity index (χ2v) is 9.33. The largest absolute Gasteiger partial charge is 0.479 e. The van der Waals surface area contributed by atoms with Gasteiger partial charge in [0.25, 0.3) is 0 Å². The first-order chi connectivity index (χ1) is 16.8. The maximum absolute atomic E-state index is 12.9. The highest BCUT2D eigenvalue weighted by Crippen LogP contribution is 2.44. The number of hydroxylamine groups is 1. The number of carboxylic acid groups (broad SMARTS) is 1. The van der Waals surface area contributed by atoms with Gasteiger partial charge in [-0.25, -0.2) is 15.1 Å². The molecule has 9 nitrogen and oxygen atoms in total. The Morgan fingerprint density at radius 1 is 1.06 bits per heavy atom. The van der Waals surface area contributed by atoms with Gasteiger partial charge in [-0.15, -0.1) is 0 Å². The van der Waals surface area contributed by atoms with Crippen molar-refractivity contribution in [3.05, 3.63) is 59.7 Å². The Hall–Kier alpha value is -3.43. The highest BCUT2D eigenvalue weighted by Gasteiger charge is 2.38. The Balaban J connectivity index is 1.41. The van der Waals surface area contributed by atoms with Crippen molar-refractivity contribution in [1.29, 1.82) is 0 Å². The van der Waals surface area contributed by atoms with Crippen LogP contribution in [0.25, 0.3) is 11.1 Å². The molecule has 1 unspecified atom stereocenters. The summed E-state index contributed by atoms with van der Waals surface area (Å²) in [7, 11) is 1.98. The minimum Gasteiger partial charge on any atom is -0.479 e. The zero-order valence-corrected chi connectivity index (χ0v) is 20.0. The molecule has 0 saturated carbocycles. The van der Waals surface area contributed by atoms with Crippen LogP contribution < -0.4 is 10.8 Å². The number of hydrogen-bond acceptors (Lipinski definition) is 6. The SMILES string of the molecule is CC(ONC(=O)CC1(NC(=O)OCC2c3ccccc3-c3ccccc32)CCN(C)CC1)C(=O)O. The molecule has 0 bridgehead atoms. The molecule has 1 saturated heterocycles. The number of carbonyl (C=O) groups is 3. The second-order valence-electron chi connectivity index (χ2n) is 9.33. The third kappa shape index (κ3) is 5.63. The van der Waals surface area contributed by atoms with Crippen LogP contribution >= 0.6 is 0 Å². The van der Waals surface area contributed by atoms with Crippen LogP contribution in [0.3, 0.4) is 0 Å². The molecule has 0 aromatic heterocycles. The van der Waals surface area contributed by atoms with E-state index in [0.717, 1.165) is 22.3 Å². The highest BCUT2D eigenvalue weighted by molar-refractivity contribution is 5.80. The van der Waals surface area contributed by atoms with Gasteiger partial charge in [-0.05, 0) is 49.1 Å². The van der Waals surface area contributed by atoms with E-state index in [-0.39, 0.29) is 18.9 Å². The maximum atomic E-state index is 12.9. The van der Waals surface area contributed by atoms with Gasteiger partial charge in [0.05, 0.1) is 12.0 Å². The van der Waals surface area contributed by atoms with Crippen molar-refractivity contribution < 1.29 is 29.1 Å². The van der Waals surface area contributed by atoms with Crippen LogP contribution in [0, 0.1) is 0 Å². The number of hydrogen-bond donors (Lipinski definition) is 3. The normalized spacial score (nSPS) is 17.7. The van der Waals surface area contributed by atoms with E-state index < -0.39 is 29.6 Å². The predicted molar refractivity (Wildman–Crippen MR) is 129 cm³/mol. The molecule has 1 atom stereocenters. The molecule has 2 aromatic rings. The van der Waals surface area contributed by atoms with Gasteiger partial charge in [0.2, 0.25) is 5.91 Å². The van der Waals surface area contributed by atoms with Crippen molar-refractivity contribution in [3.8, 4) is 11.1 Å². The fourth-order valence-electron chi connectivity index (χ4n) is 4.79. The van der Waals surface area contributed by atoms with Gasteiger partial charge < -0.3 is 20.1 Å². The molecule has 1 aliphatic heterocycles. The van der Waals surface area contributed by atoms with Crippen molar-refractivity contribution in [3.63, 3.8) is 0 Å². The number of aliphatic carboxylic acids is 1. The Morgan fingerprint density at radius 3 is 2.20 bits per heavy atom. The molecular weight excluding hydrogens is 450 g/mol. The smallest absolute Gasteiger partial charge is 0.407 e. The first kappa shape index (κ1) is 24.7. The van der Waals surface area contributed by atoms with Crippen LogP contribution in [0.4, 0.5) is 4.79 Å². The summed E-state index contributed by atoms with van der Waals surface area (Å²) in [4.78, 5) is 43.4. The van der Waals surface area contributed by atoms with Crippen LogP contribution in [0.2, 0.25) is 0 Å². The number of nitrogens with zero attached hydrogens (tertiary/aromatic N) is 1. The molecule has 9 heteroatoms. The van der Waals surface area contributed by atoms with Gasteiger partial charge in [0, 0.05) is 19.0 Å². The van der Waals surface area contributed by atoms with Crippen molar-refractivity contribution in [2.24, 2.45) is 0 Å². The lowest BCUT2D eigenvalue weighted by molar-refractivity contribution is -0.159. The van der Waals surface area contributed by atoms with Crippen molar-refractivity contribution in [1.82, 2.24) is 15.7 Å². The van der Waals surface area contributed by atoms with Crippen molar-refractivity contribution in [2.45, 2.75) is 43.7 Å². The van der Waals surface area contributed by atoms with E-state index in [1.54, 1.807) is 0 Å². The number of alkyl carbamates (subject to hydrolysis) is 1. The van der Waals surface area contributed by atoms with Gasteiger partial charge in [-0.2, -0.15) is 0 Å². The summed E-state index contributed by atoms with van der Waals surface area (Å²) < 4.78 is 5.70. The van der Waals surface area contributed by atoms with E-state index in [1.165, 1.54) is 6.92 Å². The van der Waals surface area contributed by atoms with E-state index >= 15 is 0 Å². The summed E-state index contributed by atoms with van der Waals surface area (Å²) in [5.74, 6) is -1.74. The van der Waals surface area contributed by atoms with Gasteiger partial charge in [0.15, 0.2) is 6.10 Å². The quantitative estimate of drug-likeness (QED) is 0.496. The number of rotatable bonds is 8. The average Bonchev–Trinajstić information content (AvgIpc) is 3.17. The van der Waals surface area contributed by atoms with Crippen LogP contribution in [0.1, 0.15) is 43.2 Å². The zero-order valence-electron chi connectivity index (χ0n) is 20.0. The van der Waals surface area contributed by atoms with Crippen LogP contribution in [0.15, 0.2) is 48.5 Å². The maximum Gasteiger partial charge on any atom is 0.407 e. The standard InChI is InChI=1S/C26H31N3O6/c1-17(24(31)32)35-28-23(30)15-26(11-13-29(2)14-12-26)27-25(33)34-16-22-20-9-5-3-7-18(20)19-8-4-6-10-21(19)22/h3-10,17,22H,11-16H2,1-2H3,(H,27,33)(H,28,30)(H,31,32). The number of ether oxygens (including phenoxy) is 1. The average molecular weight is 482 g/mol. The summed E-state index contributed by atoms with van der Waals surface area (Å²) in [6.45, 7) is 2.90. The van der Waals surface area contributed by atoms with Gasteiger partial charge in [0.1, 0.15) is 6.61 Å². The first-order valence-corrected chi connectivity index (χ1v) is 11.8. The first-order valence-electron chi connectivity index (χ1n) is 11.8. The molecule has 0 radical (unpaired) electrons. The molecule has 2 aromatic carbocycles. The summed E-state index contributed by atoms with van der Waals surface area (Å²) >= 11 is 0. The topological polar surface area (TPSA) is 117 Å². The summed E-state index contributed by atoms with van der Waals surface area (Å²) in [6, 6.07) is 16.2. The number of amides is 2. The number of carboxylic acids is 1. The molecule has 1 fully saturated rings. The van der Waals surface area contributed by atoms with E-state index in [1.807, 2.05) is 31.3 Å². The van der Waals surface area contributed by atoms with E-state index in [0.29, 0.717) is 25.9 Å². The molecule has 4 rings (SSSR count). The molecule has 2 aliphatic rings. The number of benzene rings is 2. The lowest BCUT2D eigenvalue weighted by Gasteiger charge is -2.40. The van der Waals surface area contributed by atoms with Gasteiger partial charge >= 0.3 is 12.1 Å². The minimum absolute atomic E-state index is 0.0443. The molecule has 1 heterocycles. The van der Waals surface area contributed by atoms with Crippen molar-refractivity contribution >= 4 is 18.0 Å². The lowest BCUT2D eigenvalue weighted by atomic mass is 9.84. The Morgan fingerprint density at radius 2 is 1.63 bits per heavy atom. The van der Waals surface area contributed by atoms with Crippen LogP contribution in [-0.2, 0) is 19.2 Å². The Labute approximate surface area is 204 Å². The van der Waals surface area contributed by atoms with E-state index in [9.17, 15) is 14.4 Å². The summed E-state index contributed by atoms with van der Waals surface area (Å²) in [5, 5.41) is 11.9. The second kappa shape index (κ2) is 10.5. The predicted octanol–water partition coefficient (Wildman–Crippen LogP) is 2.90. The Bertz CT molecular complexity index is 1050. The Kier molecular flexibility index (Phi) is 7.37. The number of carbonyl (C=O) groups excluding carboxylic acids is 2. The summed E-state index contributed by atoms with van der Waals surface area (Å²) in [5.41, 5.74) is 5.93. The number of nitrogens with one attached hydrogen (secondary N) is 2. The lowest BCUT2D eigenvalue weighted by Crippen LogP contribution is -2.57. The molecule has 35 heavy (non-hydrogen) atoms. The third-order valence-electron chi connectivity index (χ3n) is 6.85. The molecule has 3 N–H and O–H groups in total. The number of piperidine rings is 1. The minimum atomic E-state index is -1.18.